The summed E-state index contributed by atoms with van der Waals surface area (Å²) in [5.41, 5.74) is 1.40. The SMILES string of the molecule is Cc1cnc(CNC(=O)CC(O)CCNC(=O)COc2ccc(Cl)c(F)c2)cn1. The Kier molecular flexibility index (Phi) is 8.75. The Labute approximate surface area is 172 Å². The molecule has 0 radical (unpaired) electrons. The van der Waals surface area contributed by atoms with Gasteiger partial charge >= 0.3 is 0 Å². The van der Waals surface area contributed by atoms with Crippen LogP contribution < -0.4 is 15.4 Å². The number of aliphatic hydroxyl groups excluding tert-OH is 1. The maximum Gasteiger partial charge on any atom is 0.257 e. The summed E-state index contributed by atoms with van der Waals surface area (Å²) in [6.45, 7) is 1.89. The van der Waals surface area contributed by atoms with Gasteiger partial charge in [-0.15, -0.1) is 0 Å². The van der Waals surface area contributed by atoms with Gasteiger partial charge in [-0.1, -0.05) is 11.6 Å². The third kappa shape index (κ3) is 8.41. The zero-order chi connectivity index (χ0) is 21.2. The first-order valence-electron chi connectivity index (χ1n) is 8.90. The molecule has 0 aliphatic rings. The van der Waals surface area contributed by atoms with E-state index in [-0.39, 0.29) is 49.2 Å². The molecule has 3 N–H and O–H groups in total. The minimum Gasteiger partial charge on any atom is -0.484 e. The number of carbonyl (C=O) groups excluding carboxylic acids is 2. The lowest BCUT2D eigenvalue weighted by molar-refractivity contribution is -0.123. The third-order valence-corrected chi connectivity index (χ3v) is 4.09. The van der Waals surface area contributed by atoms with Crippen LogP contribution in [0, 0.1) is 12.7 Å². The first-order chi connectivity index (χ1) is 13.8. The summed E-state index contributed by atoms with van der Waals surface area (Å²) in [6.07, 6.45) is 2.36. The van der Waals surface area contributed by atoms with Crippen LogP contribution in [-0.4, -0.2) is 46.1 Å². The van der Waals surface area contributed by atoms with Gasteiger partial charge in [0.15, 0.2) is 6.61 Å². The highest BCUT2D eigenvalue weighted by Gasteiger charge is 2.12. The van der Waals surface area contributed by atoms with Crippen molar-refractivity contribution in [3.05, 3.63) is 52.8 Å². The second-order valence-corrected chi connectivity index (χ2v) is 6.69. The van der Waals surface area contributed by atoms with Gasteiger partial charge in [0, 0.05) is 18.8 Å². The van der Waals surface area contributed by atoms with E-state index in [2.05, 4.69) is 20.6 Å². The van der Waals surface area contributed by atoms with Crippen LogP contribution in [-0.2, 0) is 16.1 Å². The Bertz CT molecular complexity index is 835. The van der Waals surface area contributed by atoms with Crippen LogP contribution in [0.1, 0.15) is 24.2 Å². The van der Waals surface area contributed by atoms with Gasteiger partial charge in [0.05, 0.1) is 41.7 Å². The predicted octanol–water partition coefficient (Wildman–Crippen LogP) is 1.53. The molecule has 0 saturated carbocycles. The van der Waals surface area contributed by atoms with E-state index in [0.717, 1.165) is 11.8 Å². The van der Waals surface area contributed by atoms with Crippen LogP contribution in [0.15, 0.2) is 30.6 Å². The number of ether oxygens (including phenoxy) is 1. The first-order valence-corrected chi connectivity index (χ1v) is 9.28. The molecule has 2 aromatic rings. The Balaban J connectivity index is 1.59. The molecule has 1 atom stereocenters. The van der Waals surface area contributed by atoms with Gasteiger partial charge in [-0.3, -0.25) is 19.6 Å². The van der Waals surface area contributed by atoms with Gasteiger partial charge in [0.25, 0.3) is 5.91 Å². The van der Waals surface area contributed by atoms with Crippen molar-refractivity contribution in [2.75, 3.05) is 13.2 Å². The quantitative estimate of drug-likeness (QED) is 0.533. The highest BCUT2D eigenvalue weighted by molar-refractivity contribution is 6.30. The van der Waals surface area contributed by atoms with Gasteiger partial charge in [0.2, 0.25) is 5.91 Å². The molecule has 1 aromatic carbocycles. The number of rotatable bonds is 10. The number of benzene rings is 1. The number of hydrogen-bond acceptors (Lipinski definition) is 6. The maximum absolute atomic E-state index is 13.3. The van der Waals surface area contributed by atoms with E-state index in [1.165, 1.54) is 12.1 Å². The topological polar surface area (TPSA) is 113 Å². The number of halogens is 2. The van der Waals surface area contributed by atoms with Gasteiger partial charge in [-0.2, -0.15) is 0 Å². The fourth-order valence-corrected chi connectivity index (χ4v) is 2.35. The highest BCUT2D eigenvalue weighted by atomic mass is 35.5. The Hall–Kier alpha value is -2.78. The van der Waals surface area contributed by atoms with Crippen LogP contribution in [0.5, 0.6) is 5.75 Å². The molecule has 0 aliphatic heterocycles. The van der Waals surface area contributed by atoms with Crippen molar-refractivity contribution in [1.82, 2.24) is 20.6 Å². The van der Waals surface area contributed by atoms with E-state index in [1.807, 2.05) is 6.92 Å². The molecular weight excluding hydrogens is 403 g/mol. The average Bonchev–Trinajstić information content (AvgIpc) is 2.68. The molecule has 0 bridgehead atoms. The first kappa shape index (κ1) is 22.5. The molecule has 29 heavy (non-hydrogen) atoms. The van der Waals surface area contributed by atoms with Crippen LogP contribution in [0.3, 0.4) is 0 Å². The number of hydrogen-bond donors (Lipinski definition) is 3. The number of aliphatic hydroxyl groups is 1. The minimum absolute atomic E-state index is 0.0355. The van der Waals surface area contributed by atoms with Crippen molar-refractivity contribution in [3.8, 4) is 5.75 Å². The summed E-state index contributed by atoms with van der Waals surface area (Å²) in [7, 11) is 0. The molecular formula is C19H22ClFN4O4. The van der Waals surface area contributed by atoms with Crippen molar-refractivity contribution in [2.45, 2.75) is 32.4 Å². The molecule has 156 valence electrons. The van der Waals surface area contributed by atoms with Gasteiger partial charge in [0.1, 0.15) is 11.6 Å². The van der Waals surface area contributed by atoms with Gasteiger partial charge in [-0.25, -0.2) is 4.39 Å². The molecule has 1 aromatic heterocycles. The number of amides is 2. The van der Waals surface area contributed by atoms with E-state index in [1.54, 1.807) is 12.4 Å². The molecule has 10 heteroatoms. The van der Waals surface area contributed by atoms with E-state index in [9.17, 15) is 19.1 Å². The van der Waals surface area contributed by atoms with E-state index < -0.39 is 17.8 Å². The summed E-state index contributed by atoms with van der Waals surface area (Å²) in [5, 5.41) is 15.1. The lowest BCUT2D eigenvalue weighted by Gasteiger charge is -2.12. The zero-order valence-corrected chi connectivity index (χ0v) is 16.6. The lowest BCUT2D eigenvalue weighted by atomic mass is 10.2. The fraction of sp³-hybridized carbons (Fsp3) is 0.368. The number of aryl methyl sites for hydroxylation is 1. The van der Waals surface area contributed by atoms with Crippen LogP contribution >= 0.6 is 11.6 Å². The van der Waals surface area contributed by atoms with Gasteiger partial charge < -0.3 is 20.5 Å². The van der Waals surface area contributed by atoms with Crippen molar-refractivity contribution in [2.24, 2.45) is 0 Å². The lowest BCUT2D eigenvalue weighted by Crippen LogP contribution is -2.33. The molecule has 2 rings (SSSR count). The zero-order valence-electron chi connectivity index (χ0n) is 15.8. The molecule has 0 fully saturated rings. The fourth-order valence-electron chi connectivity index (χ4n) is 2.23. The number of nitrogens with zero attached hydrogens (tertiary/aromatic N) is 2. The second kappa shape index (κ2) is 11.3. The van der Waals surface area contributed by atoms with Crippen molar-refractivity contribution in [1.29, 1.82) is 0 Å². The molecule has 0 aliphatic carbocycles. The summed E-state index contributed by atoms with van der Waals surface area (Å²) in [5.74, 6) is -1.23. The third-order valence-electron chi connectivity index (χ3n) is 3.78. The monoisotopic (exact) mass is 424 g/mol. The second-order valence-electron chi connectivity index (χ2n) is 6.29. The standard InChI is InChI=1S/C19H22ClFN4O4/c1-12-8-24-13(9-23-12)10-25-18(27)6-14(26)4-5-22-19(28)11-29-15-2-3-16(20)17(21)7-15/h2-3,7-9,14,26H,4-6,10-11H2,1H3,(H,22,28)(H,25,27). The van der Waals surface area contributed by atoms with Gasteiger partial charge in [-0.05, 0) is 25.5 Å². The summed E-state index contributed by atoms with van der Waals surface area (Å²) in [4.78, 5) is 31.8. The summed E-state index contributed by atoms with van der Waals surface area (Å²) >= 11 is 5.57. The molecule has 0 spiro atoms. The van der Waals surface area contributed by atoms with Crippen molar-refractivity contribution in [3.63, 3.8) is 0 Å². The summed E-state index contributed by atoms with van der Waals surface area (Å²) < 4.78 is 18.4. The maximum atomic E-state index is 13.3. The molecule has 8 nitrogen and oxygen atoms in total. The predicted molar refractivity (Wildman–Crippen MR) is 104 cm³/mol. The normalized spacial score (nSPS) is 11.6. The van der Waals surface area contributed by atoms with E-state index in [4.69, 9.17) is 16.3 Å². The van der Waals surface area contributed by atoms with Crippen LogP contribution in [0.25, 0.3) is 0 Å². The van der Waals surface area contributed by atoms with Crippen molar-refractivity contribution >= 4 is 23.4 Å². The molecule has 1 heterocycles. The number of nitrogens with one attached hydrogen (secondary N) is 2. The van der Waals surface area contributed by atoms with E-state index in [0.29, 0.717) is 5.69 Å². The Morgan fingerprint density at radius 2 is 2.03 bits per heavy atom. The number of carbonyl (C=O) groups is 2. The smallest absolute Gasteiger partial charge is 0.257 e. The van der Waals surface area contributed by atoms with Crippen LogP contribution in [0.4, 0.5) is 4.39 Å². The molecule has 2 amide bonds. The highest BCUT2D eigenvalue weighted by Crippen LogP contribution is 2.20. The number of aromatic nitrogens is 2. The van der Waals surface area contributed by atoms with Crippen LogP contribution in [0.2, 0.25) is 5.02 Å². The molecule has 0 saturated heterocycles. The average molecular weight is 425 g/mol. The molecule has 1 unspecified atom stereocenters. The van der Waals surface area contributed by atoms with Crippen molar-refractivity contribution < 1.29 is 23.8 Å². The van der Waals surface area contributed by atoms with E-state index >= 15 is 0 Å². The Morgan fingerprint density at radius 3 is 2.72 bits per heavy atom. The summed E-state index contributed by atoms with van der Waals surface area (Å²) in [6, 6.07) is 3.86. The Morgan fingerprint density at radius 1 is 1.24 bits per heavy atom. The minimum atomic E-state index is -0.911. The largest absolute Gasteiger partial charge is 0.484 e.